The summed E-state index contributed by atoms with van der Waals surface area (Å²) in [6, 6.07) is 13.1. The zero-order chi connectivity index (χ0) is 19.7. The predicted molar refractivity (Wildman–Crippen MR) is 109 cm³/mol. The van der Waals surface area contributed by atoms with Gasteiger partial charge in [0, 0.05) is 29.2 Å². The average molecular weight is 445 g/mol. The first-order valence-electron chi connectivity index (χ1n) is 9.28. The van der Waals surface area contributed by atoms with Gasteiger partial charge in [0.1, 0.15) is 13.2 Å². The molecule has 2 aliphatic rings. The first kappa shape index (κ1) is 18.8. The highest BCUT2D eigenvalue weighted by atomic mass is 79.9. The second-order valence-electron chi connectivity index (χ2n) is 6.99. The summed E-state index contributed by atoms with van der Waals surface area (Å²) in [7, 11) is 0. The molecule has 0 aromatic heterocycles. The van der Waals surface area contributed by atoms with Gasteiger partial charge in [0.25, 0.3) is 0 Å². The van der Waals surface area contributed by atoms with Crippen LogP contribution in [0.1, 0.15) is 24.9 Å². The van der Waals surface area contributed by atoms with Crippen molar-refractivity contribution < 1.29 is 19.1 Å². The van der Waals surface area contributed by atoms with Crippen LogP contribution in [0.15, 0.2) is 46.9 Å². The van der Waals surface area contributed by atoms with E-state index in [9.17, 15) is 9.59 Å². The Hall–Kier alpha value is -2.54. The van der Waals surface area contributed by atoms with E-state index in [0.29, 0.717) is 31.3 Å². The number of nitrogens with zero attached hydrogens (tertiary/aromatic N) is 1. The number of hydrogen-bond donors (Lipinski definition) is 1. The summed E-state index contributed by atoms with van der Waals surface area (Å²) < 4.78 is 12.1. The number of hydrogen-bond acceptors (Lipinski definition) is 4. The summed E-state index contributed by atoms with van der Waals surface area (Å²) in [4.78, 5) is 26.9. The van der Waals surface area contributed by atoms with Crippen molar-refractivity contribution in [2.24, 2.45) is 5.92 Å². The minimum absolute atomic E-state index is 0.0645. The molecule has 0 radical (unpaired) electrons. The normalized spacial score (nSPS) is 19.4. The fourth-order valence-electron chi connectivity index (χ4n) is 3.57. The highest BCUT2D eigenvalue weighted by molar-refractivity contribution is 9.10. The Kier molecular flexibility index (Phi) is 5.26. The van der Waals surface area contributed by atoms with Crippen molar-refractivity contribution in [2.45, 2.75) is 19.4 Å². The number of ether oxygens (including phenoxy) is 2. The van der Waals surface area contributed by atoms with Gasteiger partial charge in [-0.2, -0.15) is 0 Å². The number of carbonyl (C=O) groups excluding carboxylic acids is 2. The van der Waals surface area contributed by atoms with Gasteiger partial charge in [-0.15, -0.1) is 0 Å². The molecule has 1 N–H and O–H groups in total. The number of nitrogens with one attached hydrogen (secondary N) is 1. The van der Waals surface area contributed by atoms with Crippen LogP contribution in [0.4, 0.5) is 5.69 Å². The van der Waals surface area contributed by atoms with E-state index < -0.39 is 0 Å². The van der Waals surface area contributed by atoms with Crippen molar-refractivity contribution in [3.05, 3.63) is 52.5 Å². The molecule has 0 bridgehead atoms. The van der Waals surface area contributed by atoms with Crippen LogP contribution in [0.2, 0.25) is 0 Å². The molecule has 2 amide bonds. The highest BCUT2D eigenvalue weighted by Crippen LogP contribution is 2.36. The maximum Gasteiger partial charge on any atom is 0.227 e. The van der Waals surface area contributed by atoms with E-state index in [1.54, 1.807) is 17.0 Å². The van der Waals surface area contributed by atoms with Crippen molar-refractivity contribution in [1.29, 1.82) is 0 Å². The molecule has 146 valence electrons. The minimum atomic E-state index is -0.384. The second kappa shape index (κ2) is 7.83. The third kappa shape index (κ3) is 3.71. The molecule has 2 heterocycles. The maximum absolute atomic E-state index is 12.7. The van der Waals surface area contributed by atoms with Crippen molar-refractivity contribution in [2.75, 3.05) is 24.7 Å². The van der Waals surface area contributed by atoms with Crippen LogP contribution in [-0.4, -0.2) is 31.6 Å². The van der Waals surface area contributed by atoms with Gasteiger partial charge in [0.15, 0.2) is 11.5 Å². The molecule has 2 unspecified atom stereocenters. The molecule has 2 aromatic rings. The van der Waals surface area contributed by atoms with Gasteiger partial charge in [-0.05, 0) is 30.7 Å². The van der Waals surface area contributed by atoms with E-state index in [1.165, 1.54) is 0 Å². The lowest BCUT2D eigenvalue weighted by Crippen LogP contribution is -2.34. The lowest BCUT2D eigenvalue weighted by atomic mass is 10.1. The molecule has 0 aliphatic carbocycles. The quantitative estimate of drug-likeness (QED) is 0.783. The summed E-state index contributed by atoms with van der Waals surface area (Å²) in [5.41, 5.74) is 1.73. The molecule has 2 aliphatic heterocycles. The number of anilines is 1. The fraction of sp³-hybridized carbons (Fsp3) is 0.333. The van der Waals surface area contributed by atoms with Gasteiger partial charge < -0.3 is 19.7 Å². The lowest BCUT2D eigenvalue weighted by molar-refractivity contribution is -0.126. The third-order valence-corrected chi connectivity index (χ3v) is 5.79. The van der Waals surface area contributed by atoms with Crippen LogP contribution < -0.4 is 19.7 Å². The largest absolute Gasteiger partial charge is 0.486 e. The number of carbonyl (C=O) groups is 2. The van der Waals surface area contributed by atoms with E-state index in [1.807, 2.05) is 37.3 Å². The van der Waals surface area contributed by atoms with Gasteiger partial charge in [0.2, 0.25) is 11.8 Å². The van der Waals surface area contributed by atoms with Crippen LogP contribution >= 0.6 is 15.9 Å². The second-order valence-corrected chi connectivity index (χ2v) is 7.84. The zero-order valence-electron chi connectivity index (χ0n) is 15.5. The van der Waals surface area contributed by atoms with Gasteiger partial charge >= 0.3 is 0 Å². The molecule has 7 heteroatoms. The lowest BCUT2D eigenvalue weighted by Gasteiger charge is -2.22. The van der Waals surface area contributed by atoms with Gasteiger partial charge in [-0.3, -0.25) is 9.59 Å². The predicted octanol–water partition coefficient (Wildman–Crippen LogP) is 3.45. The molecule has 1 saturated heterocycles. The van der Waals surface area contributed by atoms with Gasteiger partial charge in [0.05, 0.1) is 12.0 Å². The molecular formula is C21H21BrN2O4. The fourth-order valence-corrected chi connectivity index (χ4v) is 4.20. The summed E-state index contributed by atoms with van der Waals surface area (Å²) in [5, 5.41) is 3.03. The van der Waals surface area contributed by atoms with Crippen molar-refractivity contribution in [3.8, 4) is 11.5 Å². The number of halogens is 1. The summed E-state index contributed by atoms with van der Waals surface area (Å²) in [6.45, 7) is 3.30. The van der Waals surface area contributed by atoms with Crippen molar-refractivity contribution >= 4 is 33.4 Å². The molecule has 0 saturated carbocycles. The van der Waals surface area contributed by atoms with Crippen LogP contribution in [0, 0.1) is 5.92 Å². The average Bonchev–Trinajstić information content (AvgIpc) is 3.09. The molecule has 4 rings (SSSR count). The van der Waals surface area contributed by atoms with Crippen molar-refractivity contribution in [3.63, 3.8) is 0 Å². The topological polar surface area (TPSA) is 67.9 Å². The van der Waals surface area contributed by atoms with Gasteiger partial charge in [-0.25, -0.2) is 0 Å². The Morgan fingerprint density at radius 1 is 1.18 bits per heavy atom. The minimum Gasteiger partial charge on any atom is -0.486 e. The van der Waals surface area contributed by atoms with E-state index in [-0.39, 0.29) is 30.2 Å². The van der Waals surface area contributed by atoms with Crippen LogP contribution in [0.25, 0.3) is 0 Å². The molecular weight excluding hydrogens is 424 g/mol. The molecule has 1 fully saturated rings. The Balaban J connectivity index is 1.44. The number of amides is 2. The Bertz CT molecular complexity index is 917. The van der Waals surface area contributed by atoms with E-state index in [0.717, 1.165) is 15.7 Å². The van der Waals surface area contributed by atoms with Crippen LogP contribution in [0.5, 0.6) is 11.5 Å². The van der Waals surface area contributed by atoms with E-state index in [2.05, 4.69) is 21.2 Å². The van der Waals surface area contributed by atoms with E-state index >= 15 is 0 Å². The first-order chi connectivity index (χ1) is 13.5. The molecule has 0 spiro atoms. The number of fused-ring (bicyclic) bond motifs is 1. The summed E-state index contributed by atoms with van der Waals surface area (Å²) in [6.07, 6.45) is 0.197. The summed E-state index contributed by atoms with van der Waals surface area (Å²) >= 11 is 3.51. The first-order valence-corrected chi connectivity index (χ1v) is 10.1. The monoisotopic (exact) mass is 444 g/mol. The maximum atomic E-state index is 12.7. The molecule has 2 aromatic carbocycles. The third-order valence-electron chi connectivity index (χ3n) is 5.06. The van der Waals surface area contributed by atoms with E-state index in [4.69, 9.17) is 9.47 Å². The molecule has 28 heavy (non-hydrogen) atoms. The molecule has 2 atom stereocenters. The Labute approximate surface area is 171 Å². The van der Waals surface area contributed by atoms with Crippen LogP contribution in [-0.2, 0) is 9.59 Å². The van der Waals surface area contributed by atoms with Crippen molar-refractivity contribution in [1.82, 2.24) is 5.32 Å². The molecule has 6 nitrogen and oxygen atoms in total. The smallest absolute Gasteiger partial charge is 0.227 e. The van der Waals surface area contributed by atoms with Crippen LogP contribution in [0.3, 0.4) is 0 Å². The summed E-state index contributed by atoms with van der Waals surface area (Å²) in [5.74, 6) is 0.748. The number of benzene rings is 2. The number of rotatable bonds is 4. The zero-order valence-corrected chi connectivity index (χ0v) is 17.1. The standard InChI is InChI=1S/C21H21BrN2O4/c1-13(16-4-2-3-5-17(16)22)23-21(26)14-10-20(25)24(12-14)15-6-7-18-19(11-15)28-9-8-27-18/h2-7,11,13-14H,8-10,12H2,1H3,(H,23,26). The van der Waals surface area contributed by atoms with Gasteiger partial charge in [-0.1, -0.05) is 34.1 Å². The Morgan fingerprint density at radius 2 is 1.93 bits per heavy atom. The highest BCUT2D eigenvalue weighted by Gasteiger charge is 2.36. The SMILES string of the molecule is CC(NC(=O)C1CC(=O)N(c2ccc3c(c2)OCCO3)C1)c1ccccc1Br. The Morgan fingerprint density at radius 3 is 2.71 bits per heavy atom.